The lowest BCUT2D eigenvalue weighted by atomic mass is 10.2. The summed E-state index contributed by atoms with van der Waals surface area (Å²) < 4.78 is 77.2. The summed E-state index contributed by atoms with van der Waals surface area (Å²) in [5.74, 6) is 1.24. The number of imidazole rings is 1. The summed E-state index contributed by atoms with van der Waals surface area (Å²) in [6.07, 6.45) is -3.71. The second-order valence-corrected chi connectivity index (χ2v) is 12.6. The standard InChI is InChI=1S/C31H35F3N4O4S/c1-3-4-20-43(39,40)37-18-16-36(17-19-37)25-12-15-28-29(21-25)38(22-24-10-13-27(14-11-24)42-31(32,33)34)30(35-28)23(2)41-26-8-6-5-7-9-26/h5-15,21,23H,3-4,16-20,22H2,1-2H3. The molecule has 0 N–H and O–H groups in total. The van der Waals surface area contributed by atoms with Crippen LogP contribution in [0.3, 0.4) is 0 Å². The Morgan fingerprint density at radius 1 is 0.930 bits per heavy atom. The van der Waals surface area contributed by atoms with Gasteiger partial charge < -0.3 is 18.9 Å². The second kappa shape index (κ2) is 12.8. The highest BCUT2D eigenvalue weighted by Crippen LogP contribution is 2.30. The predicted molar refractivity (Wildman–Crippen MR) is 160 cm³/mol. The molecule has 43 heavy (non-hydrogen) atoms. The minimum atomic E-state index is -4.76. The molecule has 1 aromatic heterocycles. The number of fused-ring (bicyclic) bond motifs is 1. The lowest BCUT2D eigenvalue weighted by Crippen LogP contribution is -2.49. The molecule has 4 aromatic rings. The van der Waals surface area contributed by atoms with E-state index in [1.165, 1.54) is 12.1 Å². The van der Waals surface area contributed by atoms with Crippen molar-refractivity contribution in [3.8, 4) is 11.5 Å². The van der Waals surface area contributed by atoms with Crippen LogP contribution in [0.1, 0.15) is 44.2 Å². The zero-order valence-corrected chi connectivity index (χ0v) is 24.9. The van der Waals surface area contributed by atoms with Gasteiger partial charge in [0.1, 0.15) is 11.5 Å². The number of benzene rings is 3. The average molecular weight is 617 g/mol. The minimum absolute atomic E-state index is 0.171. The number of nitrogens with zero attached hydrogens (tertiary/aromatic N) is 4. The first kappa shape index (κ1) is 30.7. The third kappa shape index (κ3) is 7.61. The van der Waals surface area contributed by atoms with Gasteiger partial charge in [-0.25, -0.2) is 13.4 Å². The molecule has 8 nitrogen and oxygen atoms in total. The lowest BCUT2D eigenvalue weighted by molar-refractivity contribution is -0.274. The second-order valence-electron chi connectivity index (χ2n) is 10.5. The Bertz CT molecular complexity index is 1620. The molecule has 2 heterocycles. The zero-order chi connectivity index (χ0) is 30.6. The first-order valence-corrected chi connectivity index (χ1v) is 15.9. The van der Waals surface area contributed by atoms with Gasteiger partial charge in [-0.1, -0.05) is 43.7 Å². The molecule has 0 bridgehead atoms. The fourth-order valence-electron chi connectivity index (χ4n) is 5.22. The number of rotatable bonds is 11. The number of halogens is 3. The maximum atomic E-state index is 12.7. The van der Waals surface area contributed by atoms with Gasteiger partial charge in [-0.15, -0.1) is 13.2 Å². The van der Waals surface area contributed by atoms with Crippen molar-refractivity contribution in [1.29, 1.82) is 0 Å². The van der Waals surface area contributed by atoms with Crippen molar-refractivity contribution < 1.29 is 31.1 Å². The number of aromatic nitrogens is 2. The summed E-state index contributed by atoms with van der Waals surface area (Å²) in [6, 6.07) is 21.1. The van der Waals surface area contributed by atoms with Gasteiger partial charge in [-0.2, -0.15) is 4.31 Å². The maximum Gasteiger partial charge on any atom is 0.573 e. The van der Waals surface area contributed by atoms with E-state index < -0.39 is 22.5 Å². The number of sulfonamides is 1. The first-order valence-electron chi connectivity index (χ1n) is 14.3. The van der Waals surface area contributed by atoms with Gasteiger partial charge in [0.05, 0.1) is 16.8 Å². The van der Waals surface area contributed by atoms with E-state index >= 15 is 0 Å². The molecule has 5 rings (SSSR count). The van der Waals surface area contributed by atoms with E-state index in [0.717, 1.165) is 28.7 Å². The third-order valence-electron chi connectivity index (χ3n) is 7.43. The Labute approximate surface area is 249 Å². The third-order valence-corrected chi connectivity index (χ3v) is 9.39. The Balaban J connectivity index is 1.43. The summed E-state index contributed by atoms with van der Waals surface area (Å²) in [6.45, 7) is 6.19. The molecule has 1 unspecified atom stereocenters. The summed E-state index contributed by atoms with van der Waals surface area (Å²) in [5, 5.41) is 0. The molecule has 0 saturated carbocycles. The fraction of sp³-hybridized carbons (Fsp3) is 0.387. The first-order chi connectivity index (χ1) is 20.5. The van der Waals surface area contributed by atoms with Crippen molar-refractivity contribution in [2.75, 3.05) is 36.8 Å². The van der Waals surface area contributed by atoms with Gasteiger partial charge in [0.25, 0.3) is 0 Å². The number of hydrogen-bond donors (Lipinski definition) is 0. The van der Waals surface area contributed by atoms with Crippen LogP contribution in [0.15, 0.2) is 72.8 Å². The molecule has 1 aliphatic rings. The van der Waals surface area contributed by atoms with E-state index in [2.05, 4.69) is 9.64 Å². The van der Waals surface area contributed by atoms with E-state index in [1.54, 1.807) is 16.4 Å². The molecule has 230 valence electrons. The van der Waals surface area contributed by atoms with Crippen LogP contribution in [0.25, 0.3) is 11.0 Å². The molecule has 1 aliphatic heterocycles. The van der Waals surface area contributed by atoms with Gasteiger partial charge in [-0.3, -0.25) is 0 Å². The van der Waals surface area contributed by atoms with E-state index in [9.17, 15) is 21.6 Å². The number of unbranched alkanes of at least 4 members (excludes halogenated alkanes) is 1. The van der Waals surface area contributed by atoms with Crippen LogP contribution >= 0.6 is 0 Å². The van der Waals surface area contributed by atoms with Gasteiger partial charge in [0.15, 0.2) is 11.9 Å². The van der Waals surface area contributed by atoms with E-state index in [-0.39, 0.29) is 11.5 Å². The summed E-state index contributed by atoms with van der Waals surface area (Å²) in [7, 11) is -3.27. The molecule has 1 fully saturated rings. The van der Waals surface area contributed by atoms with Gasteiger partial charge in [0.2, 0.25) is 10.0 Å². The van der Waals surface area contributed by atoms with Crippen LogP contribution in [0, 0.1) is 0 Å². The molecule has 1 saturated heterocycles. The average Bonchev–Trinajstić information content (AvgIpc) is 3.34. The SMILES string of the molecule is CCCCS(=O)(=O)N1CCN(c2ccc3nc(C(C)Oc4ccccc4)n(Cc4ccc(OC(F)(F)F)cc4)c3c2)CC1. The largest absolute Gasteiger partial charge is 0.573 e. The summed E-state index contributed by atoms with van der Waals surface area (Å²) >= 11 is 0. The highest BCUT2D eigenvalue weighted by atomic mass is 32.2. The van der Waals surface area contributed by atoms with Crippen LogP contribution in [0.4, 0.5) is 18.9 Å². The molecular weight excluding hydrogens is 581 g/mol. The highest BCUT2D eigenvalue weighted by molar-refractivity contribution is 7.89. The Kier molecular flexibility index (Phi) is 9.16. The monoisotopic (exact) mass is 616 g/mol. The molecule has 12 heteroatoms. The smallest absolute Gasteiger partial charge is 0.483 e. The van der Waals surface area contributed by atoms with E-state index in [0.29, 0.717) is 50.7 Å². The Hall–Kier alpha value is -3.77. The quantitative estimate of drug-likeness (QED) is 0.195. The molecule has 0 spiro atoms. The van der Waals surface area contributed by atoms with Crippen molar-refractivity contribution in [3.05, 3.63) is 84.2 Å². The number of anilines is 1. The molecule has 0 amide bonds. The van der Waals surface area contributed by atoms with Gasteiger partial charge in [0, 0.05) is 38.4 Å². The van der Waals surface area contributed by atoms with Crippen molar-refractivity contribution in [2.24, 2.45) is 0 Å². The molecular formula is C31H35F3N4O4S. The summed E-state index contributed by atoms with van der Waals surface area (Å²) in [4.78, 5) is 7.05. The van der Waals surface area contributed by atoms with E-state index in [1.807, 2.05) is 66.9 Å². The van der Waals surface area contributed by atoms with E-state index in [4.69, 9.17) is 9.72 Å². The topological polar surface area (TPSA) is 76.9 Å². The number of para-hydroxylation sites is 1. The maximum absolute atomic E-state index is 12.7. The number of alkyl halides is 3. The number of piperazine rings is 1. The van der Waals surface area contributed by atoms with Crippen LogP contribution < -0.4 is 14.4 Å². The van der Waals surface area contributed by atoms with Crippen molar-refractivity contribution >= 4 is 26.7 Å². The van der Waals surface area contributed by atoms with Crippen molar-refractivity contribution in [1.82, 2.24) is 13.9 Å². The Morgan fingerprint density at radius 2 is 1.63 bits per heavy atom. The van der Waals surface area contributed by atoms with Crippen LogP contribution in [-0.2, 0) is 16.6 Å². The fourth-order valence-corrected chi connectivity index (χ4v) is 6.85. The normalized spacial score (nSPS) is 15.5. The Morgan fingerprint density at radius 3 is 2.28 bits per heavy atom. The van der Waals surface area contributed by atoms with Gasteiger partial charge >= 0.3 is 6.36 Å². The molecule has 0 aliphatic carbocycles. The molecule has 1 atom stereocenters. The lowest BCUT2D eigenvalue weighted by Gasteiger charge is -2.35. The van der Waals surface area contributed by atoms with Crippen LogP contribution in [-0.4, -0.2) is 60.6 Å². The van der Waals surface area contributed by atoms with Crippen LogP contribution in [0.5, 0.6) is 11.5 Å². The van der Waals surface area contributed by atoms with Crippen molar-refractivity contribution in [2.45, 2.75) is 45.7 Å². The van der Waals surface area contributed by atoms with Gasteiger partial charge in [-0.05, 0) is 61.4 Å². The number of ether oxygens (including phenoxy) is 2. The van der Waals surface area contributed by atoms with Crippen molar-refractivity contribution in [3.63, 3.8) is 0 Å². The minimum Gasteiger partial charge on any atom is -0.483 e. The zero-order valence-electron chi connectivity index (χ0n) is 24.1. The molecule has 3 aromatic carbocycles. The predicted octanol–water partition coefficient (Wildman–Crippen LogP) is 6.38. The highest BCUT2D eigenvalue weighted by Gasteiger charge is 2.31. The van der Waals surface area contributed by atoms with Crippen LogP contribution in [0.2, 0.25) is 0 Å². The molecule has 0 radical (unpaired) electrons. The summed E-state index contributed by atoms with van der Waals surface area (Å²) in [5.41, 5.74) is 3.29. The number of hydrogen-bond acceptors (Lipinski definition) is 6.